The number of hydrogen-bond acceptors (Lipinski definition) is 4. The van der Waals surface area contributed by atoms with Gasteiger partial charge in [0, 0.05) is 5.56 Å². The Morgan fingerprint density at radius 1 is 1.24 bits per heavy atom. The first-order valence-corrected chi connectivity index (χ1v) is 8.61. The summed E-state index contributed by atoms with van der Waals surface area (Å²) in [4.78, 5) is 38.7. The molecule has 25 heavy (non-hydrogen) atoms. The molecule has 0 unspecified atom stereocenters. The Labute approximate surface area is 147 Å². The number of piperazine rings is 1. The van der Waals surface area contributed by atoms with Crippen LogP contribution < -0.4 is 10.2 Å². The van der Waals surface area contributed by atoms with E-state index >= 15 is 0 Å². The average molecular weight is 348 g/mol. The van der Waals surface area contributed by atoms with Gasteiger partial charge >= 0.3 is 6.09 Å². The summed E-state index contributed by atoms with van der Waals surface area (Å²) in [7, 11) is 0. The van der Waals surface area contributed by atoms with E-state index in [0.29, 0.717) is 44.0 Å². The molecule has 1 saturated heterocycles. The monoisotopic (exact) mass is 348 g/mol. The summed E-state index contributed by atoms with van der Waals surface area (Å²) in [6.45, 7) is 7.98. The number of para-hydroxylation sites is 1. The molecular formula is C18H26N3O4+. The molecule has 2 amide bonds. The van der Waals surface area contributed by atoms with E-state index in [1.807, 2.05) is 6.92 Å². The van der Waals surface area contributed by atoms with Gasteiger partial charge in [0.2, 0.25) is 0 Å². The molecule has 0 bridgehead atoms. The summed E-state index contributed by atoms with van der Waals surface area (Å²) in [6, 6.07) is 6.72. The Balaban J connectivity index is 1.93. The number of hydrogen-bond donors (Lipinski definition) is 2. The summed E-state index contributed by atoms with van der Waals surface area (Å²) in [5.41, 5.74) is 1.04. The first-order chi connectivity index (χ1) is 11.9. The van der Waals surface area contributed by atoms with Gasteiger partial charge in [0.15, 0.2) is 11.8 Å². The van der Waals surface area contributed by atoms with Crippen LogP contribution in [0.3, 0.4) is 0 Å². The molecule has 0 radical (unpaired) electrons. The van der Waals surface area contributed by atoms with Crippen LogP contribution in [0.25, 0.3) is 0 Å². The second-order valence-corrected chi connectivity index (χ2v) is 6.16. The van der Waals surface area contributed by atoms with Gasteiger partial charge in [-0.05, 0) is 32.9 Å². The lowest BCUT2D eigenvalue weighted by Crippen LogP contribution is -3.19. The summed E-state index contributed by atoms with van der Waals surface area (Å²) in [5.74, 6) is -0.216. The van der Waals surface area contributed by atoms with Crippen molar-refractivity contribution in [3.05, 3.63) is 29.8 Å². The number of rotatable bonds is 5. The molecule has 1 heterocycles. The first-order valence-electron chi connectivity index (χ1n) is 8.61. The van der Waals surface area contributed by atoms with Gasteiger partial charge in [-0.25, -0.2) is 4.79 Å². The van der Waals surface area contributed by atoms with E-state index in [-0.39, 0.29) is 23.8 Å². The highest BCUT2D eigenvalue weighted by atomic mass is 16.6. The Bertz CT molecular complexity index is 639. The number of benzene rings is 1. The summed E-state index contributed by atoms with van der Waals surface area (Å²) >= 11 is 0. The minimum Gasteiger partial charge on any atom is -0.450 e. The highest BCUT2D eigenvalue weighted by Gasteiger charge is 2.31. The van der Waals surface area contributed by atoms with Crippen molar-refractivity contribution >= 4 is 23.5 Å². The van der Waals surface area contributed by atoms with Crippen molar-refractivity contribution in [1.29, 1.82) is 0 Å². The minimum atomic E-state index is -0.297. The predicted octanol–water partition coefficient (Wildman–Crippen LogP) is 0.573. The predicted molar refractivity (Wildman–Crippen MR) is 93.8 cm³/mol. The van der Waals surface area contributed by atoms with Crippen molar-refractivity contribution in [3.63, 3.8) is 0 Å². The van der Waals surface area contributed by atoms with Crippen molar-refractivity contribution in [2.45, 2.75) is 26.8 Å². The van der Waals surface area contributed by atoms with Gasteiger partial charge in [-0.2, -0.15) is 0 Å². The molecule has 1 atom stereocenters. The standard InChI is InChI=1S/C18H25N3O4/c1-4-25-18(24)21-11-9-20(10-12-21)13(2)17(23)19-16-8-6-5-7-15(16)14(3)22/h5-8,13H,4,9-12H2,1-3H3,(H,19,23)/p+1/t13-/m1/s1. The van der Waals surface area contributed by atoms with Crippen LogP contribution in [0, 0.1) is 0 Å². The molecule has 1 fully saturated rings. The number of nitrogens with zero attached hydrogens (tertiary/aromatic N) is 1. The Kier molecular flexibility index (Phi) is 6.52. The van der Waals surface area contributed by atoms with E-state index in [2.05, 4.69) is 5.32 Å². The zero-order valence-corrected chi connectivity index (χ0v) is 15.0. The molecule has 2 rings (SSSR count). The molecule has 7 heteroatoms. The molecule has 0 saturated carbocycles. The quantitative estimate of drug-likeness (QED) is 0.763. The molecular weight excluding hydrogens is 322 g/mol. The van der Waals surface area contributed by atoms with Crippen LogP contribution in [0.15, 0.2) is 24.3 Å². The van der Waals surface area contributed by atoms with Crippen LogP contribution in [0.2, 0.25) is 0 Å². The fourth-order valence-electron chi connectivity index (χ4n) is 2.95. The minimum absolute atomic E-state index is 0.0843. The van der Waals surface area contributed by atoms with Crippen molar-refractivity contribution in [1.82, 2.24) is 4.90 Å². The number of Topliss-reactive ketones (excluding diaryl/α,β-unsaturated/α-hetero) is 1. The molecule has 7 nitrogen and oxygen atoms in total. The van der Waals surface area contributed by atoms with E-state index in [9.17, 15) is 14.4 Å². The lowest BCUT2D eigenvalue weighted by molar-refractivity contribution is -0.917. The van der Waals surface area contributed by atoms with Crippen LogP contribution in [-0.2, 0) is 9.53 Å². The molecule has 0 spiro atoms. The number of anilines is 1. The second-order valence-electron chi connectivity index (χ2n) is 6.16. The van der Waals surface area contributed by atoms with Crippen LogP contribution in [0.4, 0.5) is 10.5 Å². The Morgan fingerprint density at radius 2 is 1.88 bits per heavy atom. The largest absolute Gasteiger partial charge is 0.450 e. The van der Waals surface area contributed by atoms with Gasteiger partial charge in [-0.15, -0.1) is 0 Å². The number of ether oxygens (including phenoxy) is 1. The van der Waals surface area contributed by atoms with Crippen LogP contribution >= 0.6 is 0 Å². The number of carbonyl (C=O) groups is 3. The maximum atomic E-state index is 12.6. The summed E-state index contributed by atoms with van der Waals surface area (Å²) in [6.07, 6.45) is -0.297. The zero-order valence-electron chi connectivity index (χ0n) is 15.0. The fraction of sp³-hybridized carbons (Fsp3) is 0.500. The summed E-state index contributed by atoms with van der Waals surface area (Å²) < 4.78 is 5.01. The normalized spacial score (nSPS) is 16.2. The zero-order chi connectivity index (χ0) is 18.4. The van der Waals surface area contributed by atoms with Crippen molar-refractivity contribution in [2.24, 2.45) is 0 Å². The van der Waals surface area contributed by atoms with Crippen molar-refractivity contribution in [3.8, 4) is 0 Å². The molecule has 1 aromatic rings. The molecule has 136 valence electrons. The van der Waals surface area contributed by atoms with E-state index in [1.54, 1.807) is 36.1 Å². The topological polar surface area (TPSA) is 80.2 Å². The number of ketones is 1. The molecule has 2 N–H and O–H groups in total. The Morgan fingerprint density at radius 3 is 2.48 bits per heavy atom. The van der Waals surface area contributed by atoms with E-state index < -0.39 is 0 Å². The molecule has 1 aromatic carbocycles. The highest BCUT2D eigenvalue weighted by Crippen LogP contribution is 2.15. The van der Waals surface area contributed by atoms with Crippen LogP contribution in [-0.4, -0.2) is 61.5 Å². The second kappa shape index (κ2) is 8.62. The van der Waals surface area contributed by atoms with Crippen LogP contribution in [0.1, 0.15) is 31.1 Å². The average Bonchev–Trinajstić information content (AvgIpc) is 2.61. The molecule has 0 aliphatic carbocycles. The lowest BCUT2D eigenvalue weighted by atomic mass is 10.1. The number of amides is 2. The number of carbonyl (C=O) groups excluding carboxylic acids is 3. The third-order valence-corrected chi connectivity index (χ3v) is 4.50. The van der Waals surface area contributed by atoms with E-state index in [0.717, 1.165) is 4.90 Å². The SMILES string of the molecule is CCOC(=O)N1CC[NH+]([C@H](C)C(=O)Nc2ccccc2C(C)=O)CC1. The maximum Gasteiger partial charge on any atom is 0.410 e. The van der Waals surface area contributed by atoms with Crippen LogP contribution in [0.5, 0.6) is 0 Å². The summed E-state index contributed by atoms with van der Waals surface area (Å²) in [5, 5.41) is 2.86. The molecule has 1 aliphatic rings. The number of nitrogens with one attached hydrogen (secondary N) is 2. The first kappa shape index (κ1) is 18.9. The van der Waals surface area contributed by atoms with Gasteiger partial charge in [-0.1, -0.05) is 12.1 Å². The third kappa shape index (κ3) is 4.79. The lowest BCUT2D eigenvalue weighted by Gasteiger charge is -2.34. The van der Waals surface area contributed by atoms with Gasteiger partial charge in [-0.3, -0.25) is 14.5 Å². The van der Waals surface area contributed by atoms with Crippen molar-refractivity contribution < 1.29 is 24.0 Å². The fourth-order valence-corrected chi connectivity index (χ4v) is 2.95. The Hall–Kier alpha value is -2.41. The van der Waals surface area contributed by atoms with Gasteiger partial charge < -0.3 is 15.0 Å². The third-order valence-electron chi connectivity index (χ3n) is 4.50. The smallest absolute Gasteiger partial charge is 0.410 e. The maximum absolute atomic E-state index is 12.6. The van der Waals surface area contributed by atoms with Gasteiger partial charge in [0.1, 0.15) is 0 Å². The molecule has 0 aromatic heterocycles. The van der Waals surface area contributed by atoms with Crippen molar-refractivity contribution in [2.75, 3.05) is 38.1 Å². The van der Waals surface area contributed by atoms with E-state index in [1.165, 1.54) is 6.92 Å². The van der Waals surface area contributed by atoms with Gasteiger partial charge in [0.25, 0.3) is 5.91 Å². The highest BCUT2D eigenvalue weighted by molar-refractivity contribution is 6.04. The number of quaternary nitrogens is 1. The van der Waals surface area contributed by atoms with Gasteiger partial charge in [0.05, 0.1) is 38.5 Å². The van der Waals surface area contributed by atoms with E-state index in [4.69, 9.17) is 4.74 Å². The molecule has 1 aliphatic heterocycles.